The van der Waals surface area contributed by atoms with Gasteiger partial charge in [0.05, 0.1) is 11.4 Å². The van der Waals surface area contributed by atoms with Gasteiger partial charge in [-0.15, -0.1) is 0 Å². The summed E-state index contributed by atoms with van der Waals surface area (Å²) in [6.45, 7) is 0. The van der Waals surface area contributed by atoms with E-state index in [-0.39, 0.29) is 3.74 Å². The van der Waals surface area contributed by atoms with Crippen molar-refractivity contribution in [2.45, 2.75) is 9.07 Å². The van der Waals surface area contributed by atoms with Crippen molar-refractivity contribution < 1.29 is 0 Å². The van der Waals surface area contributed by atoms with Crippen molar-refractivity contribution >= 4 is 58.6 Å². The Morgan fingerprint density at radius 3 is 2.60 bits per heavy atom. The molecule has 1 nitrogen and oxygen atoms in total. The fraction of sp³-hybridized carbons (Fsp3) is 0.182. The number of pyridine rings is 1. The van der Waals surface area contributed by atoms with E-state index in [2.05, 4.69) is 71.0 Å². The van der Waals surface area contributed by atoms with E-state index in [1.165, 1.54) is 10.8 Å². The SMILES string of the molecule is BrCc1cc2ccccc2c(C(Br)Br)n1. The Balaban J connectivity index is 2.74. The van der Waals surface area contributed by atoms with Crippen LogP contribution in [0.4, 0.5) is 0 Å². The van der Waals surface area contributed by atoms with Crippen molar-refractivity contribution in [2.75, 3.05) is 0 Å². The van der Waals surface area contributed by atoms with E-state index in [9.17, 15) is 0 Å². The zero-order chi connectivity index (χ0) is 10.8. The molecule has 0 saturated carbocycles. The Kier molecular flexibility index (Phi) is 3.80. The fourth-order valence-corrected chi connectivity index (χ4v) is 2.50. The zero-order valence-corrected chi connectivity index (χ0v) is 12.5. The van der Waals surface area contributed by atoms with Gasteiger partial charge >= 0.3 is 0 Å². The predicted molar refractivity (Wildman–Crippen MR) is 75.0 cm³/mol. The molecule has 0 amide bonds. The molecule has 0 bridgehead atoms. The molecular formula is C11H8Br3N. The van der Waals surface area contributed by atoms with Gasteiger partial charge in [-0.2, -0.15) is 0 Å². The molecule has 0 aliphatic rings. The lowest BCUT2D eigenvalue weighted by atomic mass is 10.1. The first-order chi connectivity index (χ1) is 7.22. The molecule has 78 valence electrons. The largest absolute Gasteiger partial charge is 0.254 e. The van der Waals surface area contributed by atoms with Crippen molar-refractivity contribution in [3.8, 4) is 0 Å². The lowest BCUT2D eigenvalue weighted by Crippen LogP contribution is -1.94. The highest BCUT2D eigenvalue weighted by atomic mass is 79.9. The van der Waals surface area contributed by atoms with Crippen molar-refractivity contribution in [1.29, 1.82) is 0 Å². The number of benzene rings is 1. The maximum absolute atomic E-state index is 4.58. The maximum Gasteiger partial charge on any atom is 0.112 e. The monoisotopic (exact) mass is 391 g/mol. The van der Waals surface area contributed by atoms with Gasteiger partial charge in [0.25, 0.3) is 0 Å². The van der Waals surface area contributed by atoms with E-state index < -0.39 is 0 Å². The van der Waals surface area contributed by atoms with Gasteiger partial charge in [0, 0.05) is 10.7 Å². The lowest BCUT2D eigenvalue weighted by Gasteiger charge is -2.08. The highest BCUT2D eigenvalue weighted by molar-refractivity contribution is 9.24. The van der Waals surface area contributed by atoms with Crippen LogP contribution in [0.3, 0.4) is 0 Å². The van der Waals surface area contributed by atoms with Gasteiger partial charge in [-0.05, 0) is 11.5 Å². The van der Waals surface area contributed by atoms with E-state index in [1.807, 2.05) is 12.1 Å². The third-order valence-electron chi connectivity index (χ3n) is 2.17. The van der Waals surface area contributed by atoms with Gasteiger partial charge in [-0.3, -0.25) is 4.98 Å². The summed E-state index contributed by atoms with van der Waals surface area (Å²) in [5, 5.41) is 3.18. The van der Waals surface area contributed by atoms with Crippen LogP contribution in [0, 0.1) is 0 Å². The van der Waals surface area contributed by atoms with Gasteiger partial charge in [0.1, 0.15) is 3.74 Å². The van der Waals surface area contributed by atoms with Crippen molar-refractivity contribution in [1.82, 2.24) is 4.98 Å². The minimum absolute atomic E-state index is 0.0916. The number of hydrogen-bond acceptors (Lipinski definition) is 1. The normalized spacial score (nSPS) is 11.2. The third-order valence-corrected chi connectivity index (χ3v) is 3.61. The first-order valence-electron chi connectivity index (χ1n) is 4.45. The summed E-state index contributed by atoms with van der Waals surface area (Å²) in [5.74, 6) is 0. The highest BCUT2D eigenvalue weighted by Gasteiger charge is 2.10. The van der Waals surface area contributed by atoms with Crippen LogP contribution in [-0.4, -0.2) is 4.98 Å². The Hall–Kier alpha value is 0.0700. The lowest BCUT2D eigenvalue weighted by molar-refractivity contribution is 1.12. The minimum atomic E-state index is 0.0916. The fourth-order valence-electron chi connectivity index (χ4n) is 1.52. The molecule has 1 aromatic heterocycles. The summed E-state index contributed by atoms with van der Waals surface area (Å²) >= 11 is 10.4. The number of alkyl halides is 3. The van der Waals surface area contributed by atoms with Crippen LogP contribution in [-0.2, 0) is 5.33 Å². The van der Waals surface area contributed by atoms with Gasteiger partial charge in [0.2, 0.25) is 0 Å². The second kappa shape index (κ2) is 4.93. The molecule has 15 heavy (non-hydrogen) atoms. The average molecular weight is 394 g/mol. The summed E-state index contributed by atoms with van der Waals surface area (Å²) in [5.41, 5.74) is 2.08. The summed E-state index contributed by atoms with van der Waals surface area (Å²) in [7, 11) is 0. The minimum Gasteiger partial charge on any atom is -0.254 e. The van der Waals surface area contributed by atoms with Crippen LogP contribution in [0.15, 0.2) is 30.3 Å². The maximum atomic E-state index is 4.58. The molecule has 1 aromatic carbocycles. The van der Waals surface area contributed by atoms with E-state index in [1.54, 1.807) is 0 Å². The summed E-state index contributed by atoms with van der Waals surface area (Å²) in [4.78, 5) is 4.58. The van der Waals surface area contributed by atoms with Gasteiger partial charge < -0.3 is 0 Å². The molecule has 4 heteroatoms. The first-order valence-corrected chi connectivity index (χ1v) is 7.40. The Bertz CT molecular complexity index is 482. The number of aromatic nitrogens is 1. The highest BCUT2D eigenvalue weighted by Crippen LogP contribution is 2.33. The molecule has 0 atom stereocenters. The molecule has 0 unspecified atom stereocenters. The van der Waals surface area contributed by atoms with E-state index in [4.69, 9.17) is 0 Å². The molecule has 0 saturated heterocycles. The number of halogens is 3. The average Bonchev–Trinajstić information content (AvgIpc) is 2.27. The van der Waals surface area contributed by atoms with Crippen LogP contribution in [0.5, 0.6) is 0 Å². The molecule has 0 aliphatic carbocycles. The van der Waals surface area contributed by atoms with Crippen LogP contribution in [0.1, 0.15) is 15.1 Å². The quantitative estimate of drug-likeness (QED) is 0.660. The summed E-state index contributed by atoms with van der Waals surface area (Å²) < 4.78 is 0.0916. The molecule has 2 rings (SSSR count). The van der Waals surface area contributed by atoms with Crippen LogP contribution >= 0.6 is 47.8 Å². The van der Waals surface area contributed by atoms with E-state index in [0.717, 1.165) is 16.7 Å². The Morgan fingerprint density at radius 1 is 1.20 bits per heavy atom. The molecule has 0 aliphatic heterocycles. The third kappa shape index (κ3) is 2.43. The Morgan fingerprint density at radius 2 is 1.93 bits per heavy atom. The summed E-state index contributed by atoms with van der Waals surface area (Å²) in [6, 6.07) is 10.4. The first kappa shape index (κ1) is 11.6. The molecule has 2 aromatic rings. The van der Waals surface area contributed by atoms with Gasteiger partial charge in [0.15, 0.2) is 0 Å². The van der Waals surface area contributed by atoms with Crippen molar-refractivity contribution in [3.63, 3.8) is 0 Å². The van der Waals surface area contributed by atoms with Crippen LogP contribution in [0.2, 0.25) is 0 Å². The van der Waals surface area contributed by atoms with Crippen molar-refractivity contribution in [3.05, 3.63) is 41.7 Å². The standard InChI is InChI=1S/C11H8Br3N/c12-6-8-5-7-3-1-2-4-9(7)10(15-8)11(13)14/h1-5,11H,6H2. The molecule has 0 fully saturated rings. The van der Waals surface area contributed by atoms with E-state index in [0.29, 0.717) is 0 Å². The number of nitrogens with zero attached hydrogens (tertiary/aromatic N) is 1. The van der Waals surface area contributed by atoms with Gasteiger partial charge in [-0.1, -0.05) is 72.1 Å². The van der Waals surface area contributed by atoms with Crippen LogP contribution < -0.4 is 0 Å². The number of rotatable bonds is 2. The summed E-state index contributed by atoms with van der Waals surface area (Å²) in [6.07, 6.45) is 0. The molecular weight excluding hydrogens is 386 g/mol. The van der Waals surface area contributed by atoms with Crippen LogP contribution in [0.25, 0.3) is 10.8 Å². The topological polar surface area (TPSA) is 12.9 Å². The zero-order valence-electron chi connectivity index (χ0n) is 7.75. The van der Waals surface area contributed by atoms with Gasteiger partial charge in [-0.25, -0.2) is 0 Å². The number of fused-ring (bicyclic) bond motifs is 1. The molecule has 0 N–H and O–H groups in total. The van der Waals surface area contributed by atoms with E-state index >= 15 is 0 Å². The predicted octanol–water partition coefficient (Wildman–Crippen LogP) is 4.92. The molecule has 0 spiro atoms. The smallest absolute Gasteiger partial charge is 0.112 e. The second-order valence-electron chi connectivity index (χ2n) is 3.15. The number of hydrogen-bond donors (Lipinski definition) is 0. The Labute approximate surface area is 114 Å². The molecule has 0 radical (unpaired) electrons. The molecule has 1 heterocycles. The van der Waals surface area contributed by atoms with Crippen molar-refractivity contribution in [2.24, 2.45) is 0 Å². The second-order valence-corrected chi connectivity index (χ2v) is 6.78.